The number of nitrogens with zero attached hydrogens (tertiary/aromatic N) is 3. The predicted octanol–water partition coefficient (Wildman–Crippen LogP) is 3.12. The summed E-state index contributed by atoms with van der Waals surface area (Å²) in [5, 5.41) is 20.9. The van der Waals surface area contributed by atoms with E-state index in [0.717, 1.165) is 5.56 Å². The summed E-state index contributed by atoms with van der Waals surface area (Å²) >= 11 is 0.666. The Morgan fingerprint density at radius 3 is 2.52 bits per heavy atom. The predicted molar refractivity (Wildman–Crippen MR) is 108 cm³/mol. The van der Waals surface area contributed by atoms with E-state index in [9.17, 15) is 23.3 Å². The maximum absolute atomic E-state index is 12.6. The van der Waals surface area contributed by atoms with Gasteiger partial charge in [0.05, 0.1) is 16.2 Å². The molecular weight excluding hydrogens is 418 g/mol. The first kappa shape index (κ1) is 20.4. The van der Waals surface area contributed by atoms with E-state index < -0.39 is 20.9 Å². The molecule has 0 atom stereocenters. The van der Waals surface area contributed by atoms with E-state index in [1.165, 1.54) is 25.1 Å². The maximum atomic E-state index is 12.6. The molecule has 29 heavy (non-hydrogen) atoms. The van der Waals surface area contributed by atoms with Gasteiger partial charge in [0, 0.05) is 11.6 Å². The number of hydrogen-bond donors (Lipinski definition) is 2. The van der Waals surface area contributed by atoms with Gasteiger partial charge in [0.1, 0.15) is 0 Å². The number of nitro groups is 1. The highest BCUT2D eigenvalue weighted by molar-refractivity contribution is 7.94. The van der Waals surface area contributed by atoms with Crippen molar-refractivity contribution in [1.82, 2.24) is 10.2 Å². The molecule has 0 bridgehead atoms. The number of amides is 1. The Hall–Kier alpha value is -3.38. The van der Waals surface area contributed by atoms with Gasteiger partial charge in [-0.3, -0.25) is 24.9 Å². The van der Waals surface area contributed by atoms with Crippen molar-refractivity contribution in [2.45, 2.75) is 18.2 Å². The van der Waals surface area contributed by atoms with Crippen molar-refractivity contribution in [1.29, 1.82) is 0 Å². The monoisotopic (exact) mass is 433 g/mol. The second-order valence-electron chi connectivity index (χ2n) is 5.95. The molecule has 2 aromatic carbocycles. The molecule has 150 valence electrons. The lowest BCUT2D eigenvalue weighted by Crippen LogP contribution is -2.14. The van der Waals surface area contributed by atoms with Gasteiger partial charge in [0.15, 0.2) is 0 Å². The van der Waals surface area contributed by atoms with E-state index in [-0.39, 0.29) is 26.4 Å². The molecule has 12 heteroatoms. The number of aryl methyl sites for hydroxylation is 1. The number of carbonyl (C=O) groups excluding carboxylic acids is 1. The van der Waals surface area contributed by atoms with Crippen LogP contribution in [0.3, 0.4) is 0 Å². The van der Waals surface area contributed by atoms with Crippen LogP contribution < -0.4 is 10.0 Å². The van der Waals surface area contributed by atoms with Gasteiger partial charge in [0.2, 0.25) is 5.13 Å². The van der Waals surface area contributed by atoms with E-state index >= 15 is 0 Å². The summed E-state index contributed by atoms with van der Waals surface area (Å²) in [5.41, 5.74) is 1.19. The summed E-state index contributed by atoms with van der Waals surface area (Å²) in [6.07, 6.45) is 0. The van der Waals surface area contributed by atoms with E-state index in [1.807, 2.05) is 0 Å². The third-order valence-electron chi connectivity index (χ3n) is 3.99. The number of anilines is 2. The SMILES string of the molecule is Cc1ccccc1C(=O)Nc1nnc(S(=O)(=O)Nc2cccc([N+](=O)[O-])c2C)s1. The van der Waals surface area contributed by atoms with Gasteiger partial charge in [0.25, 0.3) is 26.0 Å². The zero-order valence-electron chi connectivity index (χ0n) is 15.2. The quantitative estimate of drug-likeness (QED) is 0.345. The van der Waals surface area contributed by atoms with Crippen LogP contribution in [-0.4, -0.2) is 29.4 Å². The number of aromatic nitrogens is 2. The Morgan fingerprint density at radius 2 is 1.83 bits per heavy atom. The van der Waals surface area contributed by atoms with Crippen LogP contribution in [0, 0.1) is 24.0 Å². The minimum Gasteiger partial charge on any atom is -0.296 e. The molecule has 2 N–H and O–H groups in total. The summed E-state index contributed by atoms with van der Waals surface area (Å²) in [5.74, 6) is -0.439. The van der Waals surface area contributed by atoms with Crippen LogP contribution in [0.4, 0.5) is 16.5 Å². The van der Waals surface area contributed by atoms with Crippen LogP contribution in [0.25, 0.3) is 0 Å². The molecule has 0 radical (unpaired) electrons. The summed E-state index contributed by atoms with van der Waals surface area (Å²) in [6.45, 7) is 3.21. The first-order chi connectivity index (χ1) is 13.7. The second kappa shape index (κ2) is 7.93. The molecule has 1 aromatic heterocycles. The highest BCUT2D eigenvalue weighted by Gasteiger charge is 2.24. The Morgan fingerprint density at radius 1 is 1.10 bits per heavy atom. The lowest BCUT2D eigenvalue weighted by Gasteiger charge is -2.08. The van der Waals surface area contributed by atoms with Crippen molar-refractivity contribution in [3.63, 3.8) is 0 Å². The molecule has 0 fully saturated rings. The Kier molecular flexibility index (Phi) is 5.57. The van der Waals surface area contributed by atoms with Gasteiger partial charge in [-0.2, -0.15) is 8.42 Å². The largest absolute Gasteiger partial charge is 0.296 e. The molecule has 0 unspecified atom stereocenters. The van der Waals surface area contributed by atoms with Crippen molar-refractivity contribution in [3.05, 3.63) is 69.3 Å². The average molecular weight is 433 g/mol. The lowest BCUT2D eigenvalue weighted by molar-refractivity contribution is -0.385. The van der Waals surface area contributed by atoms with Crippen LogP contribution in [0.15, 0.2) is 46.8 Å². The van der Waals surface area contributed by atoms with Gasteiger partial charge in [-0.1, -0.05) is 35.6 Å². The summed E-state index contributed by atoms with van der Waals surface area (Å²) in [4.78, 5) is 22.8. The molecule has 0 saturated heterocycles. The number of nitro benzene ring substituents is 1. The van der Waals surface area contributed by atoms with Crippen molar-refractivity contribution in [2.24, 2.45) is 0 Å². The topological polar surface area (TPSA) is 144 Å². The first-order valence-electron chi connectivity index (χ1n) is 8.16. The molecule has 0 aliphatic rings. The average Bonchev–Trinajstić information content (AvgIpc) is 3.13. The first-order valence-corrected chi connectivity index (χ1v) is 10.5. The fourth-order valence-corrected chi connectivity index (χ4v) is 4.50. The van der Waals surface area contributed by atoms with Gasteiger partial charge in [-0.25, -0.2) is 0 Å². The van der Waals surface area contributed by atoms with Crippen LogP contribution in [0.1, 0.15) is 21.5 Å². The van der Waals surface area contributed by atoms with Gasteiger partial charge in [-0.15, -0.1) is 10.2 Å². The van der Waals surface area contributed by atoms with Gasteiger partial charge < -0.3 is 0 Å². The Balaban J connectivity index is 1.81. The number of hydrogen-bond acceptors (Lipinski definition) is 8. The molecule has 0 aliphatic carbocycles. The highest BCUT2D eigenvalue weighted by Crippen LogP contribution is 2.28. The minimum absolute atomic E-state index is 0.00870. The molecule has 0 spiro atoms. The molecule has 10 nitrogen and oxygen atoms in total. The van der Waals surface area contributed by atoms with Crippen LogP contribution in [0.5, 0.6) is 0 Å². The second-order valence-corrected chi connectivity index (χ2v) is 8.79. The molecule has 1 amide bonds. The highest BCUT2D eigenvalue weighted by atomic mass is 32.2. The number of sulfonamides is 1. The Labute approximate surface area is 169 Å². The number of carbonyl (C=O) groups is 1. The smallest absolute Gasteiger partial charge is 0.291 e. The number of rotatable bonds is 6. The molecule has 0 saturated carbocycles. The van der Waals surface area contributed by atoms with Gasteiger partial charge >= 0.3 is 0 Å². The number of benzene rings is 2. The number of nitrogens with one attached hydrogen (secondary N) is 2. The minimum atomic E-state index is -4.15. The molecular formula is C17H15N5O5S2. The molecule has 3 rings (SSSR count). The molecule has 0 aliphatic heterocycles. The summed E-state index contributed by atoms with van der Waals surface area (Å²) < 4.78 is 27.0. The normalized spacial score (nSPS) is 11.1. The van der Waals surface area contributed by atoms with Crippen molar-refractivity contribution < 1.29 is 18.1 Å². The molecule has 3 aromatic rings. The van der Waals surface area contributed by atoms with Crippen molar-refractivity contribution in [3.8, 4) is 0 Å². The van der Waals surface area contributed by atoms with Crippen molar-refractivity contribution >= 4 is 43.8 Å². The summed E-state index contributed by atoms with van der Waals surface area (Å²) in [6, 6.07) is 11.0. The summed E-state index contributed by atoms with van der Waals surface area (Å²) in [7, 11) is -4.15. The Bertz CT molecular complexity index is 1210. The van der Waals surface area contributed by atoms with Crippen LogP contribution in [-0.2, 0) is 10.0 Å². The van der Waals surface area contributed by atoms with Gasteiger partial charge in [-0.05, 0) is 31.5 Å². The van der Waals surface area contributed by atoms with E-state index in [2.05, 4.69) is 20.2 Å². The zero-order chi connectivity index (χ0) is 21.2. The zero-order valence-corrected chi connectivity index (χ0v) is 16.9. The third kappa shape index (κ3) is 4.38. The fraction of sp³-hybridized carbons (Fsp3) is 0.118. The van der Waals surface area contributed by atoms with E-state index in [0.29, 0.717) is 16.9 Å². The molecule has 1 heterocycles. The van der Waals surface area contributed by atoms with Crippen molar-refractivity contribution in [2.75, 3.05) is 10.0 Å². The van der Waals surface area contributed by atoms with E-state index in [1.54, 1.807) is 31.2 Å². The van der Waals surface area contributed by atoms with Crippen LogP contribution in [0.2, 0.25) is 0 Å². The maximum Gasteiger partial charge on any atom is 0.291 e. The standard InChI is InChI=1S/C17H15N5O5S2/c1-10-6-3-4-7-12(10)15(23)18-16-19-20-17(28-16)29(26,27)21-13-8-5-9-14(11(13)2)22(24)25/h3-9,21H,1-2H3,(H,18,19,23). The fourth-order valence-electron chi connectivity index (χ4n) is 2.48. The van der Waals surface area contributed by atoms with Crippen LogP contribution >= 0.6 is 11.3 Å². The lowest BCUT2D eigenvalue weighted by atomic mass is 10.1. The van der Waals surface area contributed by atoms with E-state index in [4.69, 9.17) is 0 Å². The third-order valence-corrected chi connectivity index (χ3v) is 6.56.